The van der Waals surface area contributed by atoms with Gasteiger partial charge in [-0.05, 0) is 55.4 Å². The number of rotatable bonds is 3. The van der Waals surface area contributed by atoms with Crippen molar-refractivity contribution >= 4 is 17.9 Å². The summed E-state index contributed by atoms with van der Waals surface area (Å²) in [6.07, 6.45) is 0.146. The third kappa shape index (κ3) is 6.47. The smallest absolute Gasteiger partial charge is 0.414 e. The van der Waals surface area contributed by atoms with Gasteiger partial charge in [0.15, 0.2) is 0 Å². The molecule has 136 valence electrons. The monoisotopic (exact) mass is 340 g/mol. The number of nitrogens with one attached hydrogen (secondary N) is 2. The van der Waals surface area contributed by atoms with E-state index in [0.29, 0.717) is 0 Å². The Morgan fingerprint density at radius 1 is 1.12 bits per heavy atom. The van der Waals surface area contributed by atoms with Gasteiger partial charge in [0.25, 0.3) is 0 Å². The Morgan fingerprint density at radius 2 is 1.71 bits per heavy atom. The molecule has 0 radical (unpaired) electrons. The minimum absolute atomic E-state index is 0.0587. The number of amides is 2. The molecule has 1 rings (SSSR count). The first-order valence-corrected chi connectivity index (χ1v) is 7.86. The zero-order valence-electron chi connectivity index (χ0n) is 15.7. The molecule has 24 heavy (non-hydrogen) atoms. The van der Waals surface area contributed by atoms with Crippen molar-refractivity contribution in [2.24, 2.45) is 0 Å². The number of carbonyl (C=O) groups is 2. The maximum Gasteiger partial charge on any atom is 0.414 e. The van der Waals surface area contributed by atoms with Crippen LogP contribution in [0, 0.1) is 0 Å². The molecule has 0 unspecified atom stereocenters. The van der Waals surface area contributed by atoms with Crippen molar-refractivity contribution in [3.05, 3.63) is 6.20 Å². The highest BCUT2D eigenvalue weighted by atomic mass is 16.6. The first-order valence-electron chi connectivity index (χ1n) is 7.86. The van der Waals surface area contributed by atoms with Crippen LogP contribution in [0.25, 0.3) is 0 Å². The highest BCUT2D eigenvalue weighted by molar-refractivity contribution is 5.87. The molecule has 0 saturated heterocycles. The van der Waals surface area contributed by atoms with E-state index in [2.05, 4.69) is 15.7 Å². The Kier molecular flexibility index (Phi) is 5.86. The molecule has 0 bridgehead atoms. The minimum atomic E-state index is -0.646. The molecule has 1 heterocycles. The molecule has 2 N–H and O–H groups in total. The van der Waals surface area contributed by atoms with Crippen LogP contribution >= 0.6 is 0 Å². The lowest BCUT2D eigenvalue weighted by Crippen LogP contribution is -2.42. The van der Waals surface area contributed by atoms with E-state index in [1.165, 1.54) is 10.9 Å². The Labute approximate surface area is 142 Å². The van der Waals surface area contributed by atoms with Gasteiger partial charge < -0.3 is 14.8 Å². The number of carbonyl (C=O) groups excluding carboxylic acids is 2. The lowest BCUT2D eigenvalue weighted by molar-refractivity contribution is 0.0635. The summed E-state index contributed by atoms with van der Waals surface area (Å²) in [7, 11) is 0. The molecule has 8 heteroatoms. The van der Waals surface area contributed by atoms with Crippen LogP contribution in [0.15, 0.2) is 6.20 Å². The summed E-state index contributed by atoms with van der Waals surface area (Å²) in [6, 6.07) is -0.0587. The summed E-state index contributed by atoms with van der Waals surface area (Å²) < 4.78 is 12.1. The predicted octanol–water partition coefficient (Wildman–Crippen LogP) is 3.70. The fourth-order valence-corrected chi connectivity index (χ4v) is 1.74. The second kappa shape index (κ2) is 7.11. The van der Waals surface area contributed by atoms with Crippen LogP contribution in [0.4, 0.5) is 15.3 Å². The van der Waals surface area contributed by atoms with Crippen molar-refractivity contribution in [1.29, 1.82) is 0 Å². The van der Waals surface area contributed by atoms with Gasteiger partial charge in [0.05, 0.1) is 12.2 Å². The van der Waals surface area contributed by atoms with Gasteiger partial charge >= 0.3 is 12.2 Å². The topological polar surface area (TPSA) is 94.5 Å². The van der Waals surface area contributed by atoms with Crippen LogP contribution in [0.5, 0.6) is 5.88 Å². The van der Waals surface area contributed by atoms with Crippen LogP contribution in [0.2, 0.25) is 0 Å². The van der Waals surface area contributed by atoms with Crippen molar-refractivity contribution in [3.63, 3.8) is 0 Å². The second-order valence-electron chi connectivity index (χ2n) is 7.79. The van der Waals surface area contributed by atoms with E-state index >= 15 is 0 Å². The first kappa shape index (κ1) is 19.8. The minimum Gasteiger partial charge on any atom is -0.444 e. The fraction of sp³-hybridized carbons (Fsp3) is 0.688. The molecule has 0 aliphatic rings. The molecule has 0 atom stereocenters. The van der Waals surface area contributed by atoms with E-state index in [9.17, 15) is 9.59 Å². The van der Waals surface area contributed by atoms with E-state index in [1.807, 2.05) is 34.6 Å². The van der Waals surface area contributed by atoms with Gasteiger partial charge in [-0.1, -0.05) is 0 Å². The van der Waals surface area contributed by atoms with Crippen LogP contribution in [0.1, 0.15) is 61.4 Å². The molecular formula is C16H28N4O4. The second-order valence-corrected chi connectivity index (χ2v) is 7.79. The summed E-state index contributed by atoms with van der Waals surface area (Å²) in [6.45, 7) is 14.6. The lowest BCUT2D eigenvalue weighted by Gasteiger charge is -2.21. The van der Waals surface area contributed by atoms with Crippen molar-refractivity contribution in [2.45, 2.75) is 72.6 Å². The molecule has 0 fully saturated rings. The third-order valence-electron chi connectivity index (χ3n) is 2.54. The molecule has 1 aromatic heterocycles. The van der Waals surface area contributed by atoms with Gasteiger partial charge in [0.1, 0.15) is 11.3 Å². The predicted molar refractivity (Wildman–Crippen MR) is 91.4 cm³/mol. The van der Waals surface area contributed by atoms with Crippen LogP contribution in [0.3, 0.4) is 0 Å². The summed E-state index contributed by atoms with van der Waals surface area (Å²) in [4.78, 5) is 24.0. The number of hydrogen-bond donors (Lipinski definition) is 2. The molecule has 0 aliphatic heterocycles. The van der Waals surface area contributed by atoms with Crippen molar-refractivity contribution in [3.8, 4) is 5.88 Å². The molecule has 0 aliphatic carbocycles. The largest absolute Gasteiger partial charge is 0.444 e. The van der Waals surface area contributed by atoms with Crippen LogP contribution in [-0.2, 0) is 4.74 Å². The summed E-state index contributed by atoms with van der Waals surface area (Å²) >= 11 is 0. The molecule has 2 amide bonds. The maximum atomic E-state index is 12.0. The zero-order valence-corrected chi connectivity index (χ0v) is 15.7. The molecular weight excluding hydrogens is 312 g/mol. The van der Waals surface area contributed by atoms with Gasteiger partial charge in [0, 0.05) is 5.54 Å². The number of anilines is 1. The first-order chi connectivity index (χ1) is 10.8. The Hall–Kier alpha value is -2.25. The van der Waals surface area contributed by atoms with E-state index in [4.69, 9.17) is 9.47 Å². The zero-order chi connectivity index (χ0) is 18.7. The number of hydrogen-bond acceptors (Lipinski definition) is 5. The molecule has 0 saturated carbocycles. The van der Waals surface area contributed by atoms with E-state index < -0.39 is 23.3 Å². The normalized spacial score (nSPS) is 12.0. The fourth-order valence-electron chi connectivity index (χ4n) is 1.74. The summed E-state index contributed by atoms with van der Waals surface area (Å²) in [5.74, 6) is 0.151. The Morgan fingerprint density at radius 3 is 2.17 bits per heavy atom. The standard InChI is InChI=1S/C16H28N4O4/c1-10(2)20-12(23-14(22)19-15(3,4)5)11(9-17-20)18-13(21)24-16(6,7)8/h9-10H,1-8H3,(H,18,21)(H,19,22). The van der Waals surface area contributed by atoms with Gasteiger partial charge in [0.2, 0.25) is 5.88 Å². The van der Waals surface area contributed by atoms with Gasteiger partial charge in [-0.25, -0.2) is 14.3 Å². The van der Waals surface area contributed by atoms with Crippen molar-refractivity contribution in [1.82, 2.24) is 15.1 Å². The van der Waals surface area contributed by atoms with E-state index in [0.717, 1.165) is 0 Å². The number of nitrogens with zero attached hydrogens (tertiary/aromatic N) is 2. The average molecular weight is 340 g/mol. The molecule has 8 nitrogen and oxygen atoms in total. The summed E-state index contributed by atoms with van der Waals surface area (Å²) in [5, 5.41) is 9.41. The van der Waals surface area contributed by atoms with Crippen molar-refractivity contribution in [2.75, 3.05) is 5.32 Å². The van der Waals surface area contributed by atoms with Crippen LogP contribution in [-0.4, -0.2) is 33.1 Å². The Bertz CT molecular complexity index is 594. The average Bonchev–Trinajstić information content (AvgIpc) is 2.67. The highest BCUT2D eigenvalue weighted by Gasteiger charge is 2.24. The maximum absolute atomic E-state index is 12.0. The molecule has 0 spiro atoms. The van der Waals surface area contributed by atoms with Gasteiger partial charge in [-0.2, -0.15) is 5.10 Å². The Balaban J connectivity index is 2.98. The van der Waals surface area contributed by atoms with Gasteiger partial charge in [-0.3, -0.25) is 5.32 Å². The summed E-state index contributed by atoms with van der Waals surface area (Å²) in [5.41, 5.74) is -0.816. The third-order valence-corrected chi connectivity index (χ3v) is 2.54. The lowest BCUT2D eigenvalue weighted by atomic mass is 10.1. The highest BCUT2D eigenvalue weighted by Crippen LogP contribution is 2.28. The van der Waals surface area contributed by atoms with Crippen LogP contribution < -0.4 is 15.4 Å². The molecule has 0 aromatic carbocycles. The van der Waals surface area contributed by atoms with E-state index in [-0.39, 0.29) is 17.6 Å². The van der Waals surface area contributed by atoms with Gasteiger partial charge in [-0.15, -0.1) is 0 Å². The quantitative estimate of drug-likeness (QED) is 0.875. The molecule has 1 aromatic rings. The van der Waals surface area contributed by atoms with Crippen molar-refractivity contribution < 1.29 is 19.1 Å². The van der Waals surface area contributed by atoms with E-state index in [1.54, 1.807) is 20.8 Å². The SMILES string of the molecule is CC(C)n1ncc(NC(=O)OC(C)(C)C)c1OC(=O)NC(C)(C)C. The number of aromatic nitrogens is 2. The number of ether oxygens (including phenoxy) is 2.